The minimum Gasteiger partial charge on any atom is -0.368 e. The Hall–Kier alpha value is -11.0. The number of para-hydroxylation sites is 2. The van der Waals surface area contributed by atoms with E-state index in [0.29, 0.717) is 12.5 Å². The third-order valence-electron chi connectivity index (χ3n) is 30.8. The van der Waals surface area contributed by atoms with Gasteiger partial charge in [-0.3, -0.25) is 9.80 Å². The molecule has 23 heteroatoms. The third kappa shape index (κ3) is 16.9. The first-order valence-electron chi connectivity index (χ1n) is 47.6. The lowest BCUT2D eigenvalue weighted by molar-refractivity contribution is 0.115. The molecule has 5 N–H and O–H groups in total. The van der Waals surface area contributed by atoms with Gasteiger partial charge < -0.3 is 55.7 Å². The van der Waals surface area contributed by atoms with Crippen molar-refractivity contribution in [1.82, 2.24) is 85.4 Å². The van der Waals surface area contributed by atoms with Gasteiger partial charge in [-0.2, -0.15) is 0 Å². The molecule has 660 valence electrons. The lowest BCUT2D eigenvalue weighted by atomic mass is 9.64. The number of fused-ring (bicyclic) bond motifs is 17. The molecule has 8 fully saturated rings. The molecule has 128 heavy (non-hydrogen) atoms. The van der Waals surface area contributed by atoms with Crippen LogP contribution >= 0.6 is 0 Å². The summed E-state index contributed by atoms with van der Waals surface area (Å²) >= 11 is 0. The SMILES string of the molecule is CN1CCC(N2CCN(c3ncc4c(n3)-c3ccccc3C3(CCNCC3)C4)CC2)CC1.Cc1ccc(CN2CCN(c3ncc4c(n3)-c3ccccc3C3(CCNCC3)C4)CC2)cc1.Cn1c(CNc2ncc3c(n2)-c2ccccc2C2(CCNCC2)C3)nc2ccccc21.Fc1ccc(N2CCN(c3ncc4c(n3)-c3ccccc3C3(CCNCC3)C4)CC2)cc1. The Labute approximate surface area is 753 Å². The maximum Gasteiger partial charge on any atom is 0.225 e. The molecule has 0 bridgehead atoms. The summed E-state index contributed by atoms with van der Waals surface area (Å²) in [4.78, 5) is 61.4. The standard InChI is InChI=1S/C28H33N5.C26H28FN5.C26H36N6.C25H26N6/c1-21-6-8-22(9-7-21)20-32-14-16-33(17-15-32)27-30-19-23-18-28(10-12-29-13-11-28)25-5-3-2-4-24(25)26(23)31-27;27-20-5-7-21(8-6-20)31-13-15-32(16-14-31)25-29-18-19-17-26(9-11-28-12-10-26)23-4-2-1-3-22(23)24(19)30-25;1-30-12-6-21(7-13-30)31-14-16-32(17-15-31)25-28-19-20-18-26(8-10-27-11-9-26)23-5-3-2-4-22(23)24(20)29-25;1-31-21-9-5-4-8-20(21)29-22(31)16-28-24-27-15-17-14-25(10-12-26-13-11-25)19-7-3-2-6-18(19)23(17)30-24/h2-9,19,29H,10-18,20H2,1H3;1-8,18,28H,9-17H2;2-5,19,21,27H,6-18H2,1H3;2-9,15,26H,10-14,16H2,1H3,(H,27,28,30). The molecule has 22 nitrogen and oxygen atoms in total. The number of aryl methyl sites for hydroxylation is 2. The molecule has 0 saturated carbocycles. The van der Waals surface area contributed by atoms with Crippen LogP contribution in [0.3, 0.4) is 0 Å². The molecule has 24 rings (SSSR count). The highest BCUT2D eigenvalue weighted by molar-refractivity contribution is 5.78. The number of imidazole rings is 1. The van der Waals surface area contributed by atoms with E-state index in [0.717, 1.165) is 252 Å². The van der Waals surface area contributed by atoms with E-state index in [9.17, 15) is 4.39 Å². The zero-order chi connectivity index (χ0) is 86.2. The fourth-order valence-corrected chi connectivity index (χ4v) is 23.5. The van der Waals surface area contributed by atoms with Crippen molar-refractivity contribution in [2.24, 2.45) is 7.05 Å². The van der Waals surface area contributed by atoms with Crippen molar-refractivity contribution < 1.29 is 4.39 Å². The Morgan fingerprint density at radius 1 is 0.383 bits per heavy atom. The Morgan fingerprint density at radius 2 is 0.758 bits per heavy atom. The third-order valence-corrected chi connectivity index (χ3v) is 30.8. The average molecular weight is 1710 g/mol. The Bertz CT molecular complexity index is 5900. The van der Waals surface area contributed by atoms with Crippen LogP contribution in [-0.4, -0.2) is 221 Å². The number of piperazine rings is 3. The number of halogens is 1. The lowest BCUT2D eigenvalue weighted by Crippen LogP contribution is -2.53. The molecule has 0 atom stereocenters. The number of nitrogens with zero attached hydrogens (tertiary/aromatic N) is 17. The van der Waals surface area contributed by atoms with Gasteiger partial charge in [-0.25, -0.2) is 49.2 Å². The largest absolute Gasteiger partial charge is 0.368 e. The number of hydrogen-bond acceptors (Lipinski definition) is 21. The summed E-state index contributed by atoms with van der Waals surface area (Å²) in [7, 11) is 4.29. The van der Waals surface area contributed by atoms with Crippen LogP contribution in [0, 0.1) is 12.7 Å². The number of nitrogens with one attached hydrogen (secondary N) is 5. The zero-order valence-electron chi connectivity index (χ0n) is 74.9. The van der Waals surface area contributed by atoms with Crippen molar-refractivity contribution in [3.05, 3.63) is 262 Å². The predicted octanol–water partition coefficient (Wildman–Crippen LogP) is 14.1. The summed E-state index contributed by atoms with van der Waals surface area (Å²) in [5.41, 5.74) is 27.6. The van der Waals surface area contributed by atoms with Gasteiger partial charge in [0.1, 0.15) is 11.6 Å². The van der Waals surface area contributed by atoms with E-state index >= 15 is 0 Å². The van der Waals surface area contributed by atoms with E-state index in [1.165, 1.54) is 147 Å². The van der Waals surface area contributed by atoms with Crippen LogP contribution < -0.4 is 46.2 Å². The molecule has 0 unspecified atom stereocenters. The van der Waals surface area contributed by atoms with Crippen LogP contribution in [-0.2, 0) is 67.5 Å². The van der Waals surface area contributed by atoms with Crippen molar-refractivity contribution in [2.75, 3.05) is 176 Å². The predicted molar refractivity (Wildman–Crippen MR) is 512 cm³/mol. The molecule has 4 spiro atoms. The number of benzene rings is 7. The molecule has 0 amide bonds. The van der Waals surface area contributed by atoms with Gasteiger partial charge in [0.15, 0.2) is 0 Å². The van der Waals surface area contributed by atoms with Crippen LogP contribution in [0.1, 0.15) is 126 Å². The quantitative estimate of drug-likeness (QED) is 0.0864. The van der Waals surface area contributed by atoms with Gasteiger partial charge >= 0.3 is 0 Å². The summed E-state index contributed by atoms with van der Waals surface area (Å²) in [6.45, 7) is 26.7. The van der Waals surface area contributed by atoms with Crippen LogP contribution in [0.15, 0.2) is 195 Å². The highest BCUT2D eigenvalue weighted by atomic mass is 19.1. The molecule has 4 aliphatic carbocycles. The molecule has 12 aliphatic rings. The Morgan fingerprint density at radius 3 is 1.19 bits per heavy atom. The monoisotopic (exact) mass is 1710 g/mol. The fourth-order valence-electron chi connectivity index (χ4n) is 23.5. The summed E-state index contributed by atoms with van der Waals surface area (Å²) in [6, 6.07) is 60.3. The van der Waals surface area contributed by atoms with E-state index in [2.05, 4.69) is 237 Å². The molecule has 0 radical (unpaired) electrons. The molecular weight excluding hydrogens is 1590 g/mol. The van der Waals surface area contributed by atoms with Gasteiger partial charge in [-0.15, -0.1) is 0 Å². The smallest absolute Gasteiger partial charge is 0.225 e. The summed E-state index contributed by atoms with van der Waals surface area (Å²) < 4.78 is 15.4. The Balaban J connectivity index is 0.000000104. The molecule has 13 heterocycles. The van der Waals surface area contributed by atoms with E-state index in [1.807, 2.05) is 36.5 Å². The molecule has 7 aromatic carbocycles. The molecule has 5 aromatic heterocycles. The van der Waals surface area contributed by atoms with Crippen LogP contribution in [0.5, 0.6) is 0 Å². The van der Waals surface area contributed by atoms with E-state index in [4.69, 9.17) is 39.9 Å². The minimum absolute atomic E-state index is 0.193. The first-order valence-corrected chi connectivity index (χ1v) is 47.6. The molecule has 8 aliphatic heterocycles. The first-order chi connectivity index (χ1) is 62.9. The van der Waals surface area contributed by atoms with Crippen molar-refractivity contribution in [3.8, 4) is 45.0 Å². The topological polar surface area (TPSA) is 204 Å². The Kier molecular flexibility index (Phi) is 23.9. The molecule has 12 aromatic rings. The summed E-state index contributed by atoms with van der Waals surface area (Å²) in [5, 5.41) is 17.5. The van der Waals surface area contributed by atoms with Gasteiger partial charge in [0.05, 0.1) is 40.4 Å². The van der Waals surface area contributed by atoms with E-state index in [-0.39, 0.29) is 27.5 Å². The highest BCUT2D eigenvalue weighted by Crippen LogP contribution is 2.52. The second-order valence-corrected chi connectivity index (χ2v) is 38.4. The van der Waals surface area contributed by atoms with Gasteiger partial charge in [0, 0.05) is 173 Å². The van der Waals surface area contributed by atoms with E-state index < -0.39 is 0 Å². The normalized spacial score (nSPS) is 20.2. The number of likely N-dealkylation sites (tertiary alicyclic amines) is 1. The van der Waals surface area contributed by atoms with Crippen LogP contribution in [0.4, 0.5) is 33.9 Å². The number of piperidine rings is 5. The average Bonchev–Trinajstić information content (AvgIpc) is 0.849. The maximum absolute atomic E-state index is 13.3. The number of anilines is 5. The second-order valence-electron chi connectivity index (χ2n) is 38.4. The number of rotatable bonds is 10. The minimum atomic E-state index is -0.193. The summed E-state index contributed by atoms with van der Waals surface area (Å²) in [6.07, 6.45) is 24.6. The van der Waals surface area contributed by atoms with Crippen molar-refractivity contribution in [1.29, 1.82) is 0 Å². The van der Waals surface area contributed by atoms with Gasteiger partial charge in [0.25, 0.3) is 0 Å². The number of aromatic nitrogens is 10. The maximum atomic E-state index is 13.3. The van der Waals surface area contributed by atoms with Crippen LogP contribution in [0.2, 0.25) is 0 Å². The second kappa shape index (κ2) is 36.5. The van der Waals surface area contributed by atoms with Crippen molar-refractivity contribution >= 4 is 40.5 Å². The summed E-state index contributed by atoms with van der Waals surface area (Å²) in [5.74, 6) is 4.06. The molecular formula is C105H123FN22. The van der Waals surface area contributed by atoms with Gasteiger partial charge in [-0.1, -0.05) is 139 Å². The highest BCUT2D eigenvalue weighted by Gasteiger charge is 2.46. The van der Waals surface area contributed by atoms with Crippen LogP contribution in [0.25, 0.3) is 56.1 Å². The first kappa shape index (κ1) is 83.9. The molecule has 8 saturated heterocycles. The van der Waals surface area contributed by atoms with Gasteiger partial charge in [0.2, 0.25) is 23.8 Å². The number of hydrogen-bond donors (Lipinski definition) is 5. The lowest BCUT2D eigenvalue weighted by Gasteiger charge is -2.43. The fraction of sp³-hybridized carbons (Fsp3) is 0.438. The van der Waals surface area contributed by atoms with Crippen molar-refractivity contribution in [3.63, 3.8) is 0 Å². The van der Waals surface area contributed by atoms with Crippen molar-refractivity contribution in [2.45, 2.75) is 138 Å². The zero-order valence-corrected chi connectivity index (χ0v) is 74.9. The van der Waals surface area contributed by atoms with Gasteiger partial charge in [-0.05, 0) is 256 Å². The van der Waals surface area contributed by atoms with E-state index in [1.54, 1.807) is 0 Å².